The van der Waals surface area contributed by atoms with Crippen molar-refractivity contribution in [2.24, 2.45) is 0 Å². The van der Waals surface area contributed by atoms with Crippen LogP contribution >= 0.6 is 0 Å². The summed E-state index contributed by atoms with van der Waals surface area (Å²) in [6.07, 6.45) is 2.84. The number of benzene rings is 1. The van der Waals surface area contributed by atoms with Crippen LogP contribution < -0.4 is 4.74 Å². The Balaban J connectivity index is 3.07. The van der Waals surface area contributed by atoms with Crippen molar-refractivity contribution in [1.29, 1.82) is 0 Å². The van der Waals surface area contributed by atoms with Crippen LogP contribution in [-0.2, 0) is 4.79 Å². The molecule has 0 aliphatic rings. The highest BCUT2D eigenvalue weighted by Crippen LogP contribution is 2.25. The highest BCUT2D eigenvalue weighted by atomic mass is 16.5. The van der Waals surface area contributed by atoms with Crippen LogP contribution in [0.4, 0.5) is 0 Å². The van der Waals surface area contributed by atoms with Gasteiger partial charge in [0.25, 0.3) is 0 Å². The molecule has 1 rings (SSSR count). The van der Waals surface area contributed by atoms with Gasteiger partial charge in [-0.05, 0) is 6.07 Å². The number of carboxylic acid groups (broad SMARTS) is 2. The minimum absolute atomic E-state index is 0.0463. The minimum atomic E-state index is -1.09. The minimum Gasteiger partial charge on any atom is -0.495 e. The number of rotatable bonds is 5. The fourth-order valence-corrected chi connectivity index (χ4v) is 1.37. The summed E-state index contributed by atoms with van der Waals surface area (Å²) < 4.78 is 5.02. The van der Waals surface area contributed by atoms with Gasteiger partial charge in [0.1, 0.15) is 11.3 Å². The zero-order valence-electron chi connectivity index (χ0n) is 9.21. The smallest absolute Gasteiger partial charge is 0.339 e. The molecule has 0 bridgehead atoms. The number of aliphatic carboxylic acids is 1. The van der Waals surface area contributed by atoms with E-state index < -0.39 is 11.9 Å². The van der Waals surface area contributed by atoms with Crippen molar-refractivity contribution in [2.75, 3.05) is 7.11 Å². The monoisotopic (exact) mass is 236 g/mol. The molecule has 0 unspecified atom stereocenters. The van der Waals surface area contributed by atoms with E-state index in [1.165, 1.54) is 25.3 Å². The van der Waals surface area contributed by atoms with Gasteiger partial charge in [-0.3, -0.25) is 4.79 Å². The van der Waals surface area contributed by atoms with E-state index in [4.69, 9.17) is 14.9 Å². The molecule has 0 saturated heterocycles. The van der Waals surface area contributed by atoms with Gasteiger partial charge >= 0.3 is 11.9 Å². The topological polar surface area (TPSA) is 83.8 Å². The molecule has 0 aliphatic carbocycles. The van der Waals surface area contributed by atoms with Crippen LogP contribution in [-0.4, -0.2) is 29.3 Å². The first kappa shape index (κ1) is 12.8. The molecule has 0 amide bonds. The summed E-state index contributed by atoms with van der Waals surface area (Å²) in [7, 11) is 1.37. The van der Waals surface area contributed by atoms with Crippen LogP contribution in [0.2, 0.25) is 0 Å². The van der Waals surface area contributed by atoms with Crippen LogP contribution in [0.15, 0.2) is 24.3 Å². The molecular formula is C12H12O5. The predicted molar refractivity (Wildman–Crippen MR) is 61.2 cm³/mol. The van der Waals surface area contributed by atoms with Crippen molar-refractivity contribution in [2.45, 2.75) is 6.42 Å². The van der Waals surface area contributed by atoms with Crippen LogP contribution in [0, 0.1) is 0 Å². The fourth-order valence-electron chi connectivity index (χ4n) is 1.37. The third-order valence-corrected chi connectivity index (χ3v) is 2.07. The Bertz CT molecular complexity index is 462. The van der Waals surface area contributed by atoms with E-state index in [0.717, 1.165) is 0 Å². The molecular weight excluding hydrogens is 224 g/mol. The summed E-state index contributed by atoms with van der Waals surface area (Å²) in [6, 6.07) is 4.66. The predicted octanol–water partition coefficient (Wildman–Crippen LogP) is 1.88. The van der Waals surface area contributed by atoms with Gasteiger partial charge in [0.15, 0.2) is 0 Å². The number of carbonyl (C=O) groups is 2. The quantitative estimate of drug-likeness (QED) is 0.815. The third kappa shape index (κ3) is 3.34. The Labute approximate surface area is 98.0 Å². The van der Waals surface area contributed by atoms with Crippen molar-refractivity contribution >= 4 is 18.0 Å². The standard InChI is InChI=1S/C12H12O5/c1-17-11-8(5-3-7-10(13)14)4-2-6-9(11)12(15)16/h2-6H,7H2,1H3,(H,13,14)(H,15,16). The summed E-state index contributed by atoms with van der Waals surface area (Å²) in [4.78, 5) is 21.3. The zero-order chi connectivity index (χ0) is 12.8. The lowest BCUT2D eigenvalue weighted by molar-refractivity contribution is -0.135. The summed E-state index contributed by atoms with van der Waals surface area (Å²) in [5, 5.41) is 17.4. The number of aromatic carboxylic acids is 1. The Morgan fingerprint density at radius 3 is 2.59 bits per heavy atom. The van der Waals surface area contributed by atoms with Gasteiger partial charge in [0.2, 0.25) is 0 Å². The molecule has 0 aliphatic heterocycles. The first-order valence-corrected chi connectivity index (χ1v) is 4.85. The average molecular weight is 236 g/mol. The summed E-state index contributed by atoms with van der Waals surface area (Å²) in [5.41, 5.74) is 0.582. The van der Waals surface area contributed by atoms with Crippen molar-refractivity contribution in [1.82, 2.24) is 0 Å². The van der Waals surface area contributed by atoms with Gasteiger partial charge in [-0.2, -0.15) is 0 Å². The molecule has 0 aromatic heterocycles. The average Bonchev–Trinajstić information content (AvgIpc) is 2.28. The number of carboxylic acids is 2. The Morgan fingerprint density at radius 1 is 1.35 bits per heavy atom. The molecule has 0 fully saturated rings. The van der Waals surface area contributed by atoms with E-state index in [1.54, 1.807) is 12.1 Å². The molecule has 2 N–H and O–H groups in total. The number of hydrogen-bond donors (Lipinski definition) is 2. The largest absolute Gasteiger partial charge is 0.495 e. The molecule has 17 heavy (non-hydrogen) atoms. The van der Waals surface area contributed by atoms with Gasteiger partial charge in [0.05, 0.1) is 13.5 Å². The molecule has 5 nitrogen and oxygen atoms in total. The van der Waals surface area contributed by atoms with Gasteiger partial charge in [0, 0.05) is 5.56 Å². The first-order chi connectivity index (χ1) is 8.06. The maximum absolute atomic E-state index is 10.9. The summed E-state index contributed by atoms with van der Waals surface area (Å²) in [5.74, 6) is -1.81. The second kappa shape index (κ2) is 5.69. The van der Waals surface area contributed by atoms with Crippen LogP contribution in [0.25, 0.3) is 6.08 Å². The molecule has 1 aromatic carbocycles. The third-order valence-electron chi connectivity index (χ3n) is 2.07. The lowest BCUT2D eigenvalue weighted by Crippen LogP contribution is -2.01. The van der Waals surface area contributed by atoms with Crippen molar-refractivity contribution < 1.29 is 24.5 Å². The van der Waals surface area contributed by atoms with Crippen LogP contribution in [0.1, 0.15) is 22.3 Å². The van der Waals surface area contributed by atoms with Crippen molar-refractivity contribution in [3.8, 4) is 5.75 Å². The second-order valence-corrected chi connectivity index (χ2v) is 3.23. The lowest BCUT2D eigenvalue weighted by Gasteiger charge is -2.07. The van der Waals surface area contributed by atoms with Crippen molar-refractivity contribution in [3.05, 3.63) is 35.4 Å². The molecule has 0 saturated carbocycles. The molecule has 0 atom stereocenters. The van der Waals surface area contributed by atoms with E-state index in [1.807, 2.05) is 0 Å². The highest BCUT2D eigenvalue weighted by molar-refractivity contribution is 5.92. The second-order valence-electron chi connectivity index (χ2n) is 3.23. The number of hydrogen-bond acceptors (Lipinski definition) is 3. The van der Waals surface area contributed by atoms with E-state index in [-0.39, 0.29) is 17.7 Å². The van der Waals surface area contributed by atoms with Gasteiger partial charge in [-0.25, -0.2) is 4.79 Å². The Kier molecular flexibility index (Phi) is 4.28. The molecule has 0 radical (unpaired) electrons. The number of methoxy groups -OCH3 is 1. The summed E-state index contributed by atoms with van der Waals surface area (Å²) in [6.45, 7) is 0. The Morgan fingerprint density at radius 2 is 2.06 bits per heavy atom. The molecule has 1 aromatic rings. The van der Waals surface area contributed by atoms with Crippen LogP contribution in [0.3, 0.4) is 0 Å². The van der Waals surface area contributed by atoms with Gasteiger partial charge < -0.3 is 14.9 Å². The Hall–Kier alpha value is -2.30. The summed E-state index contributed by atoms with van der Waals surface area (Å²) >= 11 is 0. The van der Waals surface area contributed by atoms with Gasteiger partial charge in [-0.15, -0.1) is 0 Å². The van der Waals surface area contributed by atoms with Crippen LogP contribution in [0.5, 0.6) is 5.75 Å². The van der Waals surface area contributed by atoms with E-state index in [0.29, 0.717) is 5.56 Å². The zero-order valence-corrected chi connectivity index (χ0v) is 9.21. The molecule has 0 spiro atoms. The maximum atomic E-state index is 10.9. The first-order valence-electron chi connectivity index (χ1n) is 4.85. The van der Waals surface area contributed by atoms with Gasteiger partial charge in [-0.1, -0.05) is 24.3 Å². The molecule has 90 valence electrons. The lowest BCUT2D eigenvalue weighted by atomic mass is 10.1. The number of para-hydroxylation sites is 1. The van der Waals surface area contributed by atoms with Crippen molar-refractivity contribution in [3.63, 3.8) is 0 Å². The normalized spacial score (nSPS) is 10.4. The molecule has 5 heteroatoms. The van der Waals surface area contributed by atoms with E-state index in [9.17, 15) is 9.59 Å². The SMILES string of the molecule is COc1c(C=CCC(=O)O)cccc1C(=O)O. The molecule has 0 heterocycles. The highest BCUT2D eigenvalue weighted by Gasteiger charge is 2.12. The maximum Gasteiger partial charge on any atom is 0.339 e. The fraction of sp³-hybridized carbons (Fsp3) is 0.167. The van der Waals surface area contributed by atoms with E-state index in [2.05, 4.69) is 0 Å². The number of ether oxygens (including phenoxy) is 1. The van der Waals surface area contributed by atoms with E-state index >= 15 is 0 Å².